The summed E-state index contributed by atoms with van der Waals surface area (Å²) in [4.78, 5) is 18.9. The van der Waals surface area contributed by atoms with Crippen LogP contribution in [0.15, 0.2) is 0 Å². The van der Waals surface area contributed by atoms with Gasteiger partial charge in [-0.05, 0) is 13.8 Å². The Labute approximate surface area is 128 Å². The van der Waals surface area contributed by atoms with Crippen molar-refractivity contribution in [1.82, 2.24) is 24.3 Å². The standard InChI is InChI=1S/C11H12F3N5O3S/c1-5-7(4-8(20)18-23(3,21)22)6(2)19-10(15-5)16-9(17-19)11(12,13)14/h4H2,1-3H3,(H,18,20). The Morgan fingerprint density at radius 1 is 1.26 bits per heavy atom. The van der Waals surface area contributed by atoms with Crippen molar-refractivity contribution in [2.24, 2.45) is 0 Å². The van der Waals surface area contributed by atoms with Crippen molar-refractivity contribution in [2.75, 3.05) is 6.26 Å². The summed E-state index contributed by atoms with van der Waals surface area (Å²) in [6.07, 6.45) is -4.27. The van der Waals surface area contributed by atoms with Crippen LogP contribution >= 0.6 is 0 Å². The van der Waals surface area contributed by atoms with Crippen LogP contribution in [-0.4, -0.2) is 40.2 Å². The van der Waals surface area contributed by atoms with Crippen LogP contribution in [0.2, 0.25) is 0 Å². The molecule has 0 aliphatic rings. The molecular weight excluding hydrogens is 339 g/mol. The number of nitrogens with zero attached hydrogens (tertiary/aromatic N) is 4. The van der Waals surface area contributed by atoms with Crippen LogP contribution in [-0.2, 0) is 27.4 Å². The third kappa shape index (κ3) is 3.75. The molecule has 0 fully saturated rings. The fourth-order valence-corrected chi connectivity index (χ4v) is 2.47. The smallest absolute Gasteiger partial charge is 0.274 e. The first kappa shape index (κ1) is 17.1. The highest BCUT2D eigenvalue weighted by atomic mass is 32.2. The Bertz CT molecular complexity index is 888. The topological polar surface area (TPSA) is 106 Å². The zero-order valence-corrected chi connectivity index (χ0v) is 13.1. The fraction of sp³-hybridized carbons (Fsp3) is 0.455. The monoisotopic (exact) mass is 351 g/mol. The number of halogens is 3. The molecule has 0 aliphatic carbocycles. The van der Waals surface area contributed by atoms with Gasteiger partial charge in [0.15, 0.2) is 0 Å². The highest BCUT2D eigenvalue weighted by molar-refractivity contribution is 7.89. The second-order valence-corrected chi connectivity index (χ2v) is 6.63. The summed E-state index contributed by atoms with van der Waals surface area (Å²) in [6.45, 7) is 2.93. The first-order valence-electron chi connectivity index (χ1n) is 6.19. The lowest BCUT2D eigenvalue weighted by atomic mass is 10.1. The van der Waals surface area contributed by atoms with Crippen molar-refractivity contribution < 1.29 is 26.4 Å². The van der Waals surface area contributed by atoms with E-state index in [1.54, 1.807) is 4.72 Å². The van der Waals surface area contributed by atoms with Crippen LogP contribution < -0.4 is 4.72 Å². The van der Waals surface area contributed by atoms with E-state index in [1.165, 1.54) is 13.8 Å². The molecule has 0 atom stereocenters. The Morgan fingerprint density at radius 2 is 1.87 bits per heavy atom. The van der Waals surface area contributed by atoms with Gasteiger partial charge in [0.2, 0.25) is 15.9 Å². The predicted molar refractivity (Wildman–Crippen MR) is 71.9 cm³/mol. The minimum atomic E-state index is -4.72. The van der Waals surface area contributed by atoms with Gasteiger partial charge in [0, 0.05) is 17.0 Å². The third-order valence-corrected chi connectivity index (χ3v) is 3.54. The maximum absolute atomic E-state index is 12.7. The van der Waals surface area contributed by atoms with Crippen molar-refractivity contribution in [3.05, 3.63) is 22.8 Å². The number of sulfonamides is 1. The van der Waals surface area contributed by atoms with E-state index in [1.807, 2.05) is 0 Å². The number of nitrogens with one attached hydrogen (secondary N) is 1. The molecule has 8 nitrogen and oxygen atoms in total. The molecule has 0 radical (unpaired) electrons. The zero-order chi connectivity index (χ0) is 17.6. The number of fused-ring (bicyclic) bond motifs is 1. The largest absolute Gasteiger partial charge is 0.453 e. The Kier molecular flexibility index (Phi) is 4.05. The molecule has 0 aliphatic heterocycles. The van der Waals surface area contributed by atoms with E-state index in [0.717, 1.165) is 10.8 Å². The molecule has 126 valence electrons. The SMILES string of the molecule is Cc1nc2nc(C(F)(F)F)nn2c(C)c1CC(=O)NS(C)(=O)=O. The molecule has 0 saturated heterocycles. The van der Waals surface area contributed by atoms with Crippen LogP contribution in [0.3, 0.4) is 0 Å². The number of carbonyl (C=O) groups is 1. The molecule has 2 aromatic rings. The summed E-state index contributed by atoms with van der Waals surface area (Å²) >= 11 is 0. The van der Waals surface area contributed by atoms with Crippen molar-refractivity contribution in [3.63, 3.8) is 0 Å². The van der Waals surface area contributed by atoms with Crippen LogP contribution in [0.25, 0.3) is 5.78 Å². The summed E-state index contributed by atoms with van der Waals surface area (Å²) < 4.78 is 62.7. The van der Waals surface area contributed by atoms with Gasteiger partial charge in [0.25, 0.3) is 11.6 Å². The van der Waals surface area contributed by atoms with Crippen LogP contribution in [0, 0.1) is 13.8 Å². The van der Waals surface area contributed by atoms with Crippen LogP contribution in [0.4, 0.5) is 13.2 Å². The number of rotatable bonds is 3. The lowest BCUT2D eigenvalue weighted by Gasteiger charge is -2.10. The summed E-state index contributed by atoms with van der Waals surface area (Å²) in [5.41, 5.74) is 0.760. The number of hydrogen-bond donors (Lipinski definition) is 1. The summed E-state index contributed by atoms with van der Waals surface area (Å²) in [7, 11) is -3.73. The van der Waals surface area contributed by atoms with Crippen molar-refractivity contribution in [2.45, 2.75) is 26.4 Å². The van der Waals surface area contributed by atoms with Gasteiger partial charge in [0.1, 0.15) is 0 Å². The minimum Gasteiger partial charge on any atom is -0.274 e. The lowest BCUT2D eigenvalue weighted by Crippen LogP contribution is -2.31. The molecule has 0 bridgehead atoms. The highest BCUT2D eigenvalue weighted by Gasteiger charge is 2.37. The lowest BCUT2D eigenvalue weighted by molar-refractivity contribution is -0.144. The van der Waals surface area contributed by atoms with Crippen molar-refractivity contribution in [3.8, 4) is 0 Å². The molecule has 2 aromatic heterocycles. The molecule has 0 aromatic carbocycles. The maximum atomic E-state index is 12.7. The van der Waals surface area contributed by atoms with Gasteiger partial charge >= 0.3 is 6.18 Å². The molecule has 2 heterocycles. The van der Waals surface area contributed by atoms with E-state index in [2.05, 4.69) is 15.1 Å². The van der Waals surface area contributed by atoms with Crippen LogP contribution in [0.5, 0.6) is 0 Å². The number of aryl methyl sites for hydroxylation is 2. The first-order valence-corrected chi connectivity index (χ1v) is 8.08. The Balaban J connectivity index is 2.47. The Hall–Kier alpha value is -2.24. The average molecular weight is 351 g/mol. The van der Waals surface area contributed by atoms with E-state index in [4.69, 9.17) is 0 Å². The van der Waals surface area contributed by atoms with Gasteiger partial charge in [-0.1, -0.05) is 0 Å². The van der Waals surface area contributed by atoms with Crippen molar-refractivity contribution >= 4 is 21.7 Å². The normalized spacial score (nSPS) is 12.6. The molecule has 12 heteroatoms. The third-order valence-electron chi connectivity index (χ3n) is 2.94. The number of amides is 1. The quantitative estimate of drug-likeness (QED) is 0.857. The molecule has 1 amide bonds. The van der Waals surface area contributed by atoms with E-state index < -0.39 is 27.9 Å². The van der Waals surface area contributed by atoms with E-state index >= 15 is 0 Å². The highest BCUT2D eigenvalue weighted by Crippen LogP contribution is 2.27. The number of aromatic nitrogens is 4. The van der Waals surface area contributed by atoms with Gasteiger partial charge in [-0.25, -0.2) is 17.9 Å². The van der Waals surface area contributed by atoms with Gasteiger partial charge in [-0.3, -0.25) is 9.52 Å². The predicted octanol–water partition coefficient (Wildman–Crippen LogP) is 0.378. The maximum Gasteiger partial charge on any atom is 0.453 e. The molecule has 1 N–H and O–H groups in total. The van der Waals surface area contributed by atoms with Gasteiger partial charge in [0.05, 0.1) is 12.7 Å². The van der Waals surface area contributed by atoms with Gasteiger partial charge < -0.3 is 0 Å². The second-order valence-electron chi connectivity index (χ2n) is 4.88. The van der Waals surface area contributed by atoms with Gasteiger partial charge in [-0.2, -0.15) is 18.2 Å². The van der Waals surface area contributed by atoms with E-state index in [9.17, 15) is 26.4 Å². The zero-order valence-electron chi connectivity index (χ0n) is 12.3. The number of alkyl halides is 3. The minimum absolute atomic E-state index is 0.221. The molecule has 0 saturated carbocycles. The fourth-order valence-electron chi connectivity index (χ4n) is 1.99. The van der Waals surface area contributed by atoms with E-state index in [-0.39, 0.29) is 29.1 Å². The average Bonchev–Trinajstić information content (AvgIpc) is 2.76. The van der Waals surface area contributed by atoms with Crippen LogP contribution in [0.1, 0.15) is 22.8 Å². The summed E-state index contributed by atoms with van der Waals surface area (Å²) in [5, 5.41) is 3.34. The molecule has 23 heavy (non-hydrogen) atoms. The molecule has 2 rings (SSSR count). The van der Waals surface area contributed by atoms with E-state index in [0.29, 0.717) is 0 Å². The first-order chi connectivity index (χ1) is 10.4. The Morgan fingerprint density at radius 3 is 2.39 bits per heavy atom. The van der Waals surface area contributed by atoms with Gasteiger partial charge in [-0.15, -0.1) is 5.10 Å². The number of carbonyl (C=O) groups excluding carboxylic acids is 1. The second kappa shape index (κ2) is 5.44. The summed E-state index contributed by atoms with van der Waals surface area (Å²) in [6, 6.07) is 0. The molecule has 0 unspecified atom stereocenters. The van der Waals surface area contributed by atoms with Crippen molar-refractivity contribution in [1.29, 1.82) is 0 Å². The molecule has 0 spiro atoms. The summed E-state index contributed by atoms with van der Waals surface area (Å²) in [5.74, 6) is -2.42. The molecular formula is C11H12F3N5O3S. The number of hydrogen-bond acceptors (Lipinski definition) is 6.